The summed E-state index contributed by atoms with van der Waals surface area (Å²) in [6, 6.07) is 24.9. The second-order valence-electron chi connectivity index (χ2n) is 7.79. The van der Waals surface area contributed by atoms with Crippen molar-refractivity contribution in [3.8, 4) is 5.75 Å². The molecule has 0 radical (unpaired) electrons. The molecule has 0 aliphatic rings. The molecule has 0 unspecified atom stereocenters. The molecule has 1 atom stereocenters. The minimum Gasteiger partial charge on any atom is -0.491 e. The van der Waals surface area contributed by atoms with Crippen molar-refractivity contribution in [2.24, 2.45) is 5.73 Å². The largest absolute Gasteiger partial charge is 0.491 e. The summed E-state index contributed by atoms with van der Waals surface area (Å²) in [4.78, 5) is 17.6. The molecule has 162 valence electrons. The van der Waals surface area contributed by atoms with Gasteiger partial charge in [0.2, 0.25) is 0 Å². The van der Waals surface area contributed by atoms with Gasteiger partial charge in [0.25, 0.3) is 0 Å². The summed E-state index contributed by atoms with van der Waals surface area (Å²) >= 11 is 0. The van der Waals surface area contributed by atoms with Crippen molar-refractivity contribution in [3.63, 3.8) is 0 Å². The van der Waals surface area contributed by atoms with Crippen LogP contribution < -0.4 is 10.5 Å². The Morgan fingerprint density at radius 2 is 1.66 bits per heavy atom. The molecule has 0 amide bonds. The second-order valence-corrected chi connectivity index (χ2v) is 7.79. The van der Waals surface area contributed by atoms with E-state index in [0.717, 1.165) is 22.2 Å². The third-order valence-electron chi connectivity index (χ3n) is 5.26. The Labute approximate surface area is 187 Å². The summed E-state index contributed by atoms with van der Waals surface area (Å²) in [6.45, 7) is 2.41. The fourth-order valence-electron chi connectivity index (χ4n) is 3.68. The Morgan fingerprint density at radius 3 is 2.38 bits per heavy atom. The van der Waals surface area contributed by atoms with E-state index in [0.29, 0.717) is 23.1 Å². The number of carbonyl (C=O) groups excluding carboxylic acids is 1. The highest BCUT2D eigenvalue weighted by Crippen LogP contribution is 2.31. The maximum atomic E-state index is 13.1. The number of esters is 1. The van der Waals surface area contributed by atoms with Gasteiger partial charge in [-0.2, -0.15) is 0 Å². The number of hydrogen-bond acceptors (Lipinski definition) is 5. The number of nitrogens with zero attached hydrogens (tertiary/aromatic N) is 1. The average Bonchev–Trinajstić information content (AvgIpc) is 2.83. The summed E-state index contributed by atoms with van der Waals surface area (Å²) in [5.74, 6) is 0.0167. The van der Waals surface area contributed by atoms with Crippen molar-refractivity contribution >= 4 is 16.9 Å². The van der Waals surface area contributed by atoms with Gasteiger partial charge in [-0.1, -0.05) is 66.7 Å². The topological polar surface area (TPSA) is 74.4 Å². The Morgan fingerprint density at radius 1 is 0.969 bits per heavy atom. The number of hydrogen-bond donors (Lipinski definition) is 1. The van der Waals surface area contributed by atoms with Gasteiger partial charge < -0.3 is 15.2 Å². The van der Waals surface area contributed by atoms with E-state index < -0.39 is 5.97 Å². The zero-order valence-electron chi connectivity index (χ0n) is 18.0. The van der Waals surface area contributed by atoms with E-state index in [4.69, 9.17) is 15.2 Å². The van der Waals surface area contributed by atoms with Gasteiger partial charge in [0.05, 0.1) is 5.52 Å². The molecule has 0 spiro atoms. The molecule has 0 bridgehead atoms. The van der Waals surface area contributed by atoms with Crippen LogP contribution in [0.4, 0.5) is 0 Å². The molecule has 5 heteroatoms. The van der Waals surface area contributed by atoms with Gasteiger partial charge in [-0.3, -0.25) is 4.98 Å². The molecule has 3 aromatic carbocycles. The molecule has 1 heterocycles. The van der Waals surface area contributed by atoms with Gasteiger partial charge in [-0.15, -0.1) is 0 Å². The van der Waals surface area contributed by atoms with Gasteiger partial charge >= 0.3 is 5.97 Å². The SMILES string of the molecule is Cc1cc(OC[C@H](N)Cc2ccccc2)c(C(=O)OCc2ccccc2)c2cccnc12. The molecular formula is C27H26N2O3. The van der Waals surface area contributed by atoms with Crippen LogP contribution in [0.2, 0.25) is 0 Å². The number of fused-ring (bicyclic) bond motifs is 1. The predicted octanol–water partition coefficient (Wildman–Crippen LogP) is 4.85. The lowest BCUT2D eigenvalue weighted by Gasteiger charge is -2.18. The van der Waals surface area contributed by atoms with Crippen molar-refractivity contribution in [1.82, 2.24) is 4.98 Å². The molecule has 2 N–H and O–H groups in total. The van der Waals surface area contributed by atoms with Crippen molar-refractivity contribution in [1.29, 1.82) is 0 Å². The van der Waals surface area contributed by atoms with Crippen LogP contribution in [0.5, 0.6) is 5.75 Å². The highest BCUT2D eigenvalue weighted by atomic mass is 16.5. The van der Waals surface area contributed by atoms with Crippen LogP contribution in [0.25, 0.3) is 10.9 Å². The number of ether oxygens (including phenoxy) is 2. The van der Waals surface area contributed by atoms with E-state index in [9.17, 15) is 4.79 Å². The first-order chi connectivity index (χ1) is 15.6. The monoisotopic (exact) mass is 426 g/mol. The maximum absolute atomic E-state index is 13.1. The zero-order valence-corrected chi connectivity index (χ0v) is 18.0. The lowest BCUT2D eigenvalue weighted by atomic mass is 10.0. The van der Waals surface area contributed by atoms with Gasteiger partial charge in [-0.25, -0.2) is 4.79 Å². The number of aromatic nitrogens is 1. The lowest BCUT2D eigenvalue weighted by molar-refractivity contribution is 0.0470. The van der Waals surface area contributed by atoms with Crippen LogP contribution in [0.15, 0.2) is 85.1 Å². The van der Waals surface area contributed by atoms with Crippen molar-refractivity contribution in [2.75, 3.05) is 6.61 Å². The van der Waals surface area contributed by atoms with E-state index in [1.165, 1.54) is 0 Å². The van der Waals surface area contributed by atoms with Crippen molar-refractivity contribution in [3.05, 3.63) is 107 Å². The Balaban J connectivity index is 1.57. The van der Waals surface area contributed by atoms with Gasteiger partial charge in [0.1, 0.15) is 24.5 Å². The van der Waals surface area contributed by atoms with Gasteiger partial charge in [0.15, 0.2) is 0 Å². The Hall–Kier alpha value is -3.70. The number of aryl methyl sites for hydroxylation is 1. The first-order valence-corrected chi connectivity index (χ1v) is 10.6. The molecule has 0 fully saturated rings. The second kappa shape index (κ2) is 10.1. The number of rotatable bonds is 8. The number of pyridine rings is 1. The molecule has 5 nitrogen and oxygen atoms in total. The summed E-state index contributed by atoms with van der Waals surface area (Å²) < 4.78 is 11.7. The fraction of sp³-hybridized carbons (Fsp3) is 0.185. The molecule has 4 rings (SSSR count). The number of benzene rings is 3. The van der Waals surface area contributed by atoms with E-state index in [1.54, 1.807) is 12.3 Å². The standard InChI is InChI=1S/C27H26N2O3/c1-19-15-24(31-18-22(28)16-20-9-4-2-5-10-20)25(23-13-8-14-29-26(19)23)27(30)32-17-21-11-6-3-7-12-21/h2-15,22H,16-18,28H2,1H3/t22-/m1/s1. The zero-order chi connectivity index (χ0) is 22.3. The maximum Gasteiger partial charge on any atom is 0.342 e. The molecule has 4 aromatic rings. The van der Waals surface area contributed by atoms with E-state index in [-0.39, 0.29) is 19.3 Å². The van der Waals surface area contributed by atoms with Crippen LogP contribution >= 0.6 is 0 Å². The number of carbonyl (C=O) groups is 1. The minimum atomic E-state index is -0.446. The van der Waals surface area contributed by atoms with Crippen LogP contribution in [-0.4, -0.2) is 23.6 Å². The van der Waals surface area contributed by atoms with E-state index >= 15 is 0 Å². The van der Waals surface area contributed by atoms with Gasteiger partial charge in [0, 0.05) is 17.6 Å². The van der Waals surface area contributed by atoms with Gasteiger partial charge in [-0.05, 0) is 42.2 Å². The summed E-state index contributed by atoms with van der Waals surface area (Å²) in [6.07, 6.45) is 2.40. The molecule has 1 aromatic heterocycles. The molecule has 0 saturated carbocycles. The Bertz CT molecular complexity index is 1190. The highest BCUT2D eigenvalue weighted by molar-refractivity contribution is 6.07. The van der Waals surface area contributed by atoms with Crippen molar-refractivity contribution < 1.29 is 14.3 Å². The van der Waals surface area contributed by atoms with Crippen molar-refractivity contribution in [2.45, 2.75) is 26.0 Å². The predicted molar refractivity (Wildman–Crippen MR) is 126 cm³/mol. The molecule has 0 saturated heterocycles. The first-order valence-electron chi connectivity index (χ1n) is 10.6. The number of nitrogens with two attached hydrogens (primary N) is 1. The smallest absolute Gasteiger partial charge is 0.342 e. The highest BCUT2D eigenvalue weighted by Gasteiger charge is 2.21. The van der Waals surface area contributed by atoms with Crippen LogP contribution in [0, 0.1) is 6.92 Å². The minimum absolute atomic E-state index is 0.183. The molecule has 0 aliphatic heterocycles. The van der Waals surface area contributed by atoms with Crippen LogP contribution in [0.3, 0.4) is 0 Å². The lowest BCUT2D eigenvalue weighted by Crippen LogP contribution is -2.30. The normalized spacial score (nSPS) is 11.8. The molecule has 0 aliphatic carbocycles. The fourth-order valence-corrected chi connectivity index (χ4v) is 3.68. The summed E-state index contributed by atoms with van der Waals surface area (Å²) in [5, 5.41) is 0.706. The van der Waals surface area contributed by atoms with E-state index in [2.05, 4.69) is 4.98 Å². The summed E-state index contributed by atoms with van der Waals surface area (Å²) in [7, 11) is 0. The Kier molecular flexibility index (Phi) is 6.78. The summed E-state index contributed by atoms with van der Waals surface area (Å²) in [5.41, 5.74) is 10.4. The first kappa shape index (κ1) is 21.5. The third kappa shape index (κ3) is 5.13. The van der Waals surface area contributed by atoms with E-state index in [1.807, 2.05) is 79.7 Å². The average molecular weight is 427 g/mol. The molecular weight excluding hydrogens is 400 g/mol. The quantitative estimate of drug-likeness (QED) is 0.408. The van der Waals surface area contributed by atoms with Crippen LogP contribution in [0.1, 0.15) is 27.0 Å². The molecule has 32 heavy (non-hydrogen) atoms. The third-order valence-corrected chi connectivity index (χ3v) is 5.26. The van der Waals surface area contributed by atoms with Crippen LogP contribution in [-0.2, 0) is 17.8 Å².